The number of rotatable bonds is 14. The lowest BCUT2D eigenvalue weighted by Crippen LogP contribution is -2.68. The third kappa shape index (κ3) is 9.39. The van der Waals surface area contributed by atoms with Crippen molar-refractivity contribution in [1.29, 1.82) is 0 Å². The molecule has 0 unspecified atom stereocenters. The zero-order valence-corrected chi connectivity index (χ0v) is 36.1. The van der Waals surface area contributed by atoms with Crippen molar-refractivity contribution in [3.05, 3.63) is 228 Å². The van der Waals surface area contributed by atoms with E-state index in [-0.39, 0.29) is 19.1 Å². The molecule has 8 nitrogen and oxygen atoms in total. The van der Waals surface area contributed by atoms with Gasteiger partial charge in [0.2, 0.25) is 0 Å². The summed E-state index contributed by atoms with van der Waals surface area (Å²) in [4.78, 5) is 15.3. The van der Waals surface area contributed by atoms with Gasteiger partial charge in [0.15, 0.2) is 12.6 Å². The Balaban J connectivity index is 1.15. The number of hydrogen-bond donors (Lipinski definition) is 1. The SMILES string of the molecule is COc1ccc([C@@H]2OC[C@H]3O[C@H](OCc4ccccc4)[C@H](NC(=O)c4ccccc4P(c4ccccc4)c4ccccc4)[C@@H](OC(C)(c4ccccc4)c4ccccc4)[C@@H]3O2)cc1. The van der Waals surface area contributed by atoms with Gasteiger partial charge in [-0.2, -0.15) is 0 Å². The van der Waals surface area contributed by atoms with Crippen LogP contribution in [0.15, 0.2) is 200 Å². The lowest BCUT2D eigenvalue weighted by Gasteiger charge is -2.51. The molecule has 9 heteroatoms. The molecule has 318 valence electrons. The van der Waals surface area contributed by atoms with Crippen LogP contribution in [0.5, 0.6) is 5.75 Å². The minimum atomic E-state index is -1.12. The second kappa shape index (κ2) is 19.6. The second-order valence-corrected chi connectivity index (χ2v) is 17.9. The van der Waals surface area contributed by atoms with Gasteiger partial charge in [-0.05, 0) is 65.6 Å². The van der Waals surface area contributed by atoms with Crippen LogP contribution in [0, 0.1) is 0 Å². The molecule has 1 amide bonds. The van der Waals surface area contributed by atoms with Crippen LogP contribution >= 0.6 is 7.92 Å². The fourth-order valence-corrected chi connectivity index (χ4v) is 10.9. The first kappa shape index (κ1) is 42.3. The summed E-state index contributed by atoms with van der Waals surface area (Å²) in [6.45, 7) is 2.50. The number of amides is 1. The van der Waals surface area contributed by atoms with Gasteiger partial charge >= 0.3 is 0 Å². The van der Waals surface area contributed by atoms with Crippen LogP contribution in [0.4, 0.5) is 0 Å². The Kier molecular flexibility index (Phi) is 13.2. The predicted octanol–water partition coefficient (Wildman–Crippen LogP) is 8.96. The molecule has 6 atom stereocenters. The molecule has 2 aliphatic heterocycles. The van der Waals surface area contributed by atoms with Gasteiger partial charge in [0, 0.05) is 11.1 Å². The number of nitrogens with one attached hydrogen (secondary N) is 1. The van der Waals surface area contributed by atoms with E-state index in [1.807, 2.05) is 146 Å². The van der Waals surface area contributed by atoms with Crippen LogP contribution in [0.1, 0.15) is 45.8 Å². The fraction of sp³-hybridized carbons (Fsp3) is 0.204. The first-order valence-electron chi connectivity index (χ1n) is 21.3. The standard InChI is InChI=1S/C54H50NO7P/c1-54(40-22-10-4-11-23-40,41-24-12-5-13-25-41)62-50-48(55-51(56)45-30-18-19-31-47(45)63(43-26-14-6-15-27-43)44-28-16-7-17-29-44)53(58-36-38-20-8-3-9-21-38)60-46-37-59-52(61-49(46)50)39-32-34-42(57-2)35-33-39/h3-35,46,48-50,52-53H,36-37H2,1-2H3,(H,55,56)/t46-,48-,49-,50-,52-,53+/m1/s1. The second-order valence-electron chi connectivity index (χ2n) is 15.7. The maximum Gasteiger partial charge on any atom is 0.252 e. The minimum Gasteiger partial charge on any atom is -0.497 e. The molecule has 7 aromatic carbocycles. The quantitative estimate of drug-likeness (QED) is 0.109. The summed E-state index contributed by atoms with van der Waals surface area (Å²) in [5, 5.41) is 6.65. The molecule has 7 aromatic rings. The summed E-state index contributed by atoms with van der Waals surface area (Å²) in [5.74, 6) is 0.444. The van der Waals surface area contributed by atoms with Gasteiger partial charge < -0.3 is 33.7 Å². The summed E-state index contributed by atoms with van der Waals surface area (Å²) in [6, 6.07) is 65.6. The molecule has 0 aromatic heterocycles. The third-order valence-electron chi connectivity index (χ3n) is 11.7. The number of carbonyl (C=O) groups is 1. The van der Waals surface area contributed by atoms with E-state index in [0.717, 1.165) is 43.9 Å². The van der Waals surface area contributed by atoms with E-state index in [4.69, 9.17) is 28.4 Å². The van der Waals surface area contributed by atoms with Crippen molar-refractivity contribution in [1.82, 2.24) is 5.32 Å². The largest absolute Gasteiger partial charge is 0.497 e. The lowest BCUT2D eigenvalue weighted by atomic mass is 9.86. The number of fused-ring (bicyclic) bond motifs is 1. The van der Waals surface area contributed by atoms with E-state index in [1.165, 1.54) is 0 Å². The number of methoxy groups -OCH3 is 1. The Labute approximate surface area is 370 Å². The maximum absolute atomic E-state index is 15.3. The molecular weight excluding hydrogens is 806 g/mol. The Morgan fingerprint density at radius 3 is 1.79 bits per heavy atom. The summed E-state index contributed by atoms with van der Waals surface area (Å²) >= 11 is 0. The van der Waals surface area contributed by atoms with Crippen LogP contribution in [-0.4, -0.2) is 50.3 Å². The third-order valence-corrected chi connectivity index (χ3v) is 14.2. The van der Waals surface area contributed by atoms with E-state index < -0.39 is 50.5 Å². The summed E-state index contributed by atoms with van der Waals surface area (Å²) < 4.78 is 40.0. The van der Waals surface area contributed by atoms with E-state index >= 15 is 4.79 Å². The number of hydrogen-bond acceptors (Lipinski definition) is 7. The molecule has 0 spiro atoms. The van der Waals surface area contributed by atoms with Crippen molar-refractivity contribution in [2.75, 3.05) is 13.7 Å². The zero-order chi connectivity index (χ0) is 43.0. The van der Waals surface area contributed by atoms with Crippen molar-refractivity contribution >= 4 is 29.7 Å². The predicted molar refractivity (Wildman–Crippen MR) is 247 cm³/mol. The highest BCUT2D eigenvalue weighted by molar-refractivity contribution is 7.80. The molecule has 2 aliphatic rings. The average Bonchev–Trinajstić information content (AvgIpc) is 3.35. The average molecular weight is 856 g/mol. The first-order valence-corrected chi connectivity index (χ1v) is 22.6. The van der Waals surface area contributed by atoms with Crippen molar-refractivity contribution in [3.8, 4) is 5.75 Å². The Bertz CT molecular complexity index is 2450. The molecule has 0 aliphatic carbocycles. The molecule has 0 saturated carbocycles. The Morgan fingerprint density at radius 2 is 1.21 bits per heavy atom. The van der Waals surface area contributed by atoms with Crippen molar-refractivity contribution in [2.45, 2.75) is 56.1 Å². The molecule has 2 saturated heterocycles. The molecule has 1 N–H and O–H groups in total. The summed E-state index contributed by atoms with van der Waals surface area (Å²) in [5.41, 5.74) is 3.19. The van der Waals surface area contributed by atoms with E-state index in [0.29, 0.717) is 5.56 Å². The molecule has 2 heterocycles. The minimum absolute atomic E-state index is 0.196. The summed E-state index contributed by atoms with van der Waals surface area (Å²) in [7, 11) is 0.520. The van der Waals surface area contributed by atoms with E-state index in [9.17, 15) is 0 Å². The normalized spacial score (nSPS) is 21.0. The Morgan fingerprint density at radius 1 is 0.667 bits per heavy atom. The van der Waals surface area contributed by atoms with E-state index in [2.05, 4.69) is 66.8 Å². The number of benzene rings is 7. The Hall–Kier alpha value is -5.96. The number of carbonyl (C=O) groups excluding carboxylic acids is 1. The van der Waals surface area contributed by atoms with Crippen LogP contribution in [0.3, 0.4) is 0 Å². The highest BCUT2D eigenvalue weighted by Gasteiger charge is 2.54. The topological polar surface area (TPSA) is 84.5 Å². The van der Waals surface area contributed by atoms with Gasteiger partial charge in [-0.1, -0.05) is 182 Å². The monoisotopic (exact) mass is 855 g/mol. The highest BCUT2D eigenvalue weighted by atomic mass is 31.1. The van der Waals surface area contributed by atoms with Gasteiger partial charge in [-0.25, -0.2) is 0 Å². The smallest absolute Gasteiger partial charge is 0.252 e. The van der Waals surface area contributed by atoms with Gasteiger partial charge in [0.05, 0.1) is 20.3 Å². The van der Waals surface area contributed by atoms with Crippen LogP contribution in [0.25, 0.3) is 0 Å². The molecule has 0 bridgehead atoms. The number of ether oxygens (including phenoxy) is 6. The molecule has 2 fully saturated rings. The fourth-order valence-electron chi connectivity index (χ4n) is 8.45. The lowest BCUT2D eigenvalue weighted by molar-refractivity contribution is -0.356. The summed E-state index contributed by atoms with van der Waals surface area (Å²) in [6.07, 6.45) is -3.84. The molecular formula is C54H50NO7P. The van der Waals surface area contributed by atoms with Gasteiger partial charge in [-0.15, -0.1) is 0 Å². The highest BCUT2D eigenvalue weighted by Crippen LogP contribution is 2.42. The van der Waals surface area contributed by atoms with Gasteiger partial charge in [-0.3, -0.25) is 4.79 Å². The van der Waals surface area contributed by atoms with Crippen molar-refractivity contribution < 1.29 is 33.2 Å². The van der Waals surface area contributed by atoms with Crippen molar-refractivity contribution in [2.24, 2.45) is 0 Å². The van der Waals surface area contributed by atoms with Gasteiger partial charge in [0.1, 0.15) is 35.7 Å². The van der Waals surface area contributed by atoms with Crippen molar-refractivity contribution in [3.63, 3.8) is 0 Å². The van der Waals surface area contributed by atoms with E-state index in [1.54, 1.807) is 7.11 Å². The first-order chi connectivity index (χ1) is 31.0. The van der Waals surface area contributed by atoms with Crippen LogP contribution in [-0.2, 0) is 35.9 Å². The van der Waals surface area contributed by atoms with Crippen LogP contribution in [0.2, 0.25) is 0 Å². The zero-order valence-electron chi connectivity index (χ0n) is 35.2. The van der Waals surface area contributed by atoms with Gasteiger partial charge in [0.25, 0.3) is 5.91 Å². The molecule has 63 heavy (non-hydrogen) atoms. The molecule has 0 radical (unpaired) electrons. The molecule has 9 rings (SSSR count). The van der Waals surface area contributed by atoms with Crippen LogP contribution < -0.4 is 26.0 Å². The maximum atomic E-state index is 15.3.